The van der Waals surface area contributed by atoms with Gasteiger partial charge in [0.15, 0.2) is 0 Å². The van der Waals surface area contributed by atoms with Crippen molar-refractivity contribution in [1.29, 1.82) is 0 Å². The Hall–Kier alpha value is -3.21. The van der Waals surface area contributed by atoms with Crippen LogP contribution in [0, 0.1) is 0 Å². The van der Waals surface area contributed by atoms with Crippen LogP contribution >= 0.6 is 0 Å². The Balaban J connectivity index is 0. The number of aromatic carboxylic acids is 4. The summed E-state index contributed by atoms with van der Waals surface area (Å²) in [4.78, 5) is 40.4. The van der Waals surface area contributed by atoms with Gasteiger partial charge in [0.1, 0.15) is 0 Å². The first-order valence-corrected chi connectivity index (χ1v) is 10.3. The summed E-state index contributed by atoms with van der Waals surface area (Å²) in [5, 5.41) is 40.4. The zero-order chi connectivity index (χ0) is 26.8. The van der Waals surface area contributed by atoms with Crippen LogP contribution in [0.4, 0.5) is 0 Å². The molecule has 0 saturated carbocycles. The summed E-state index contributed by atoms with van der Waals surface area (Å²) in [5.41, 5.74) is 0.880. The Labute approximate surface area is 265 Å². The first-order chi connectivity index (χ1) is 17.2. The summed E-state index contributed by atoms with van der Waals surface area (Å²) >= 11 is 0. The average Bonchev–Trinajstić information content (AvgIpc) is 2.92. The molecule has 0 spiro atoms. The van der Waals surface area contributed by atoms with E-state index in [-0.39, 0.29) is 83.0 Å². The fraction of sp³-hybridized carbons (Fsp3) is 0. The number of carbonyl (C=O) groups excluding carboxylic acids is 4. The van der Waals surface area contributed by atoms with E-state index in [1.54, 1.807) is 72.8 Å². The fourth-order valence-corrected chi connectivity index (χ4v) is 2.30. The summed E-state index contributed by atoms with van der Waals surface area (Å²) in [6, 6.07) is 32.3. The number of rotatable bonds is 4. The largest absolute Gasteiger partial charge is 2.00 e. The van der Waals surface area contributed by atoms with Gasteiger partial charge in [-0.1, -0.05) is 121 Å². The van der Waals surface area contributed by atoms with Crippen molar-refractivity contribution in [3.8, 4) is 0 Å². The van der Waals surface area contributed by atoms with Gasteiger partial charge in [-0.25, -0.2) is 0 Å². The van der Waals surface area contributed by atoms with Crippen LogP contribution in [0.15, 0.2) is 121 Å². The molecule has 4 rings (SSSR count). The van der Waals surface area contributed by atoms with Gasteiger partial charge in [-0.3, -0.25) is 0 Å². The smallest absolute Gasteiger partial charge is 0.545 e. The van der Waals surface area contributed by atoms with Gasteiger partial charge in [-0.2, -0.15) is 0 Å². The van der Waals surface area contributed by atoms with E-state index in [0.717, 1.165) is 0 Å². The molecular formula is C28H20CaMgO8. The van der Waals surface area contributed by atoms with Gasteiger partial charge in [-0.05, 0) is 22.3 Å². The van der Waals surface area contributed by atoms with Crippen LogP contribution in [0.1, 0.15) is 41.4 Å². The van der Waals surface area contributed by atoms with E-state index in [2.05, 4.69) is 0 Å². The summed E-state index contributed by atoms with van der Waals surface area (Å²) in [7, 11) is 0. The maximum Gasteiger partial charge on any atom is 2.00 e. The number of carboxylic acid groups (broad SMARTS) is 4. The van der Waals surface area contributed by atoms with E-state index >= 15 is 0 Å². The molecule has 0 fully saturated rings. The second-order valence-electron chi connectivity index (χ2n) is 6.61. The standard InChI is InChI=1S/4C7H6O2.Ca.Mg/c4*8-7(9)6-4-2-1-3-5-6;;/h4*1-5H,(H,8,9);;/q;;;;2*+2/p-4. The molecule has 0 bridgehead atoms. The number of hydrogen-bond donors (Lipinski definition) is 0. The molecule has 0 aliphatic heterocycles. The van der Waals surface area contributed by atoms with Crippen molar-refractivity contribution in [3.05, 3.63) is 144 Å². The van der Waals surface area contributed by atoms with Crippen LogP contribution in [0.3, 0.4) is 0 Å². The monoisotopic (exact) mass is 548 g/mol. The van der Waals surface area contributed by atoms with E-state index in [1.807, 2.05) is 0 Å². The minimum absolute atomic E-state index is 0. The van der Waals surface area contributed by atoms with Crippen molar-refractivity contribution in [3.63, 3.8) is 0 Å². The molecule has 0 N–H and O–H groups in total. The molecule has 0 radical (unpaired) electrons. The third-order valence-corrected chi connectivity index (χ3v) is 4.04. The van der Waals surface area contributed by atoms with Crippen molar-refractivity contribution < 1.29 is 39.6 Å². The minimum Gasteiger partial charge on any atom is -0.545 e. The second-order valence-corrected chi connectivity index (χ2v) is 6.61. The van der Waals surface area contributed by atoms with Gasteiger partial charge in [0, 0.05) is 0 Å². The van der Waals surface area contributed by atoms with Crippen molar-refractivity contribution in [2.24, 2.45) is 0 Å². The average molecular weight is 549 g/mol. The molecule has 0 heterocycles. The predicted molar refractivity (Wildman–Crippen MR) is 135 cm³/mol. The van der Waals surface area contributed by atoms with Crippen molar-refractivity contribution >= 4 is 84.7 Å². The van der Waals surface area contributed by atoms with Crippen LogP contribution in [0.25, 0.3) is 0 Å². The molecule has 0 amide bonds. The third kappa shape index (κ3) is 16.5. The molecular weight excluding hydrogens is 529 g/mol. The number of benzene rings is 4. The van der Waals surface area contributed by atoms with Crippen molar-refractivity contribution in [1.82, 2.24) is 0 Å². The Morgan fingerprint density at radius 3 is 0.553 bits per heavy atom. The molecule has 38 heavy (non-hydrogen) atoms. The molecule has 0 aromatic heterocycles. The summed E-state index contributed by atoms with van der Waals surface area (Å²) in [6.45, 7) is 0. The molecule has 8 nitrogen and oxygen atoms in total. The Kier molecular flexibility index (Phi) is 21.2. The zero-order valence-electron chi connectivity index (χ0n) is 20.2. The van der Waals surface area contributed by atoms with Gasteiger partial charge < -0.3 is 39.6 Å². The Morgan fingerprint density at radius 2 is 0.474 bits per heavy atom. The maximum absolute atomic E-state index is 10.1. The van der Waals surface area contributed by atoms with E-state index in [0.29, 0.717) is 0 Å². The SMILES string of the molecule is O=C([O-])c1ccccc1.O=C([O-])c1ccccc1.O=C([O-])c1ccccc1.O=C([O-])c1ccccc1.[Ca+2].[Mg+2]. The van der Waals surface area contributed by atoms with Gasteiger partial charge in [0.25, 0.3) is 0 Å². The van der Waals surface area contributed by atoms with Gasteiger partial charge in [0.2, 0.25) is 0 Å². The molecule has 0 aliphatic carbocycles. The fourth-order valence-electron chi connectivity index (χ4n) is 2.30. The number of carboxylic acids is 4. The maximum atomic E-state index is 10.1. The number of carbonyl (C=O) groups is 4. The topological polar surface area (TPSA) is 161 Å². The molecule has 4 aromatic carbocycles. The number of hydrogen-bond acceptors (Lipinski definition) is 8. The minimum atomic E-state index is -1.13. The summed E-state index contributed by atoms with van der Waals surface area (Å²) in [6.07, 6.45) is 0. The van der Waals surface area contributed by atoms with E-state index < -0.39 is 23.9 Å². The molecule has 0 saturated heterocycles. The first kappa shape index (κ1) is 36.9. The van der Waals surface area contributed by atoms with Gasteiger partial charge in [0.05, 0.1) is 23.9 Å². The molecule has 0 atom stereocenters. The quantitative estimate of drug-likeness (QED) is 0.307. The zero-order valence-corrected chi connectivity index (χ0v) is 23.8. The summed E-state index contributed by atoms with van der Waals surface area (Å²) in [5.74, 6) is -4.52. The molecule has 4 aromatic rings. The predicted octanol–water partition coefficient (Wildman–Crippen LogP) is -0.561. The molecule has 0 aliphatic rings. The van der Waals surface area contributed by atoms with Gasteiger partial charge >= 0.3 is 60.8 Å². The van der Waals surface area contributed by atoms with Crippen molar-refractivity contribution in [2.75, 3.05) is 0 Å². The second kappa shape index (κ2) is 21.8. The van der Waals surface area contributed by atoms with Crippen LogP contribution < -0.4 is 20.4 Å². The van der Waals surface area contributed by atoms with E-state index in [4.69, 9.17) is 0 Å². The molecule has 10 heteroatoms. The molecule has 0 unspecified atom stereocenters. The Bertz CT molecular complexity index is 1020. The molecule has 184 valence electrons. The van der Waals surface area contributed by atoms with Crippen LogP contribution in [-0.4, -0.2) is 84.7 Å². The van der Waals surface area contributed by atoms with Gasteiger partial charge in [-0.15, -0.1) is 0 Å². The normalized spacial score (nSPS) is 8.42. The Morgan fingerprint density at radius 1 is 0.342 bits per heavy atom. The van der Waals surface area contributed by atoms with Crippen LogP contribution in [-0.2, 0) is 0 Å². The van der Waals surface area contributed by atoms with E-state index in [9.17, 15) is 39.6 Å². The van der Waals surface area contributed by atoms with E-state index in [1.165, 1.54) is 48.5 Å². The van der Waals surface area contributed by atoms with Crippen molar-refractivity contribution in [2.45, 2.75) is 0 Å². The van der Waals surface area contributed by atoms with Crippen LogP contribution in [0.2, 0.25) is 0 Å². The van der Waals surface area contributed by atoms with Crippen LogP contribution in [0.5, 0.6) is 0 Å². The summed E-state index contributed by atoms with van der Waals surface area (Å²) < 4.78 is 0. The third-order valence-electron chi connectivity index (χ3n) is 4.04. The first-order valence-electron chi connectivity index (χ1n) is 10.3.